The van der Waals surface area contributed by atoms with Gasteiger partial charge < -0.3 is 48.4 Å². The number of nitrogens with one attached hydrogen (secondary N) is 3. The summed E-state index contributed by atoms with van der Waals surface area (Å²) in [6, 6.07) is 18.3. The summed E-state index contributed by atoms with van der Waals surface area (Å²) in [6.07, 6.45) is 7.53. The van der Waals surface area contributed by atoms with E-state index in [1.807, 2.05) is 87.4 Å². The molecule has 2 aliphatic rings. The van der Waals surface area contributed by atoms with Gasteiger partial charge in [0, 0.05) is 88.6 Å². The number of carbonyl (C=O) groups excluding carboxylic acids is 6. The van der Waals surface area contributed by atoms with E-state index in [9.17, 15) is 33.9 Å². The van der Waals surface area contributed by atoms with Crippen molar-refractivity contribution in [1.82, 2.24) is 54.6 Å². The van der Waals surface area contributed by atoms with Gasteiger partial charge in [0.25, 0.3) is 11.8 Å². The van der Waals surface area contributed by atoms with E-state index in [0.29, 0.717) is 48.0 Å². The Kier molecular flexibility index (Phi) is 24.0. The molecule has 8 heterocycles. The van der Waals surface area contributed by atoms with Gasteiger partial charge in [0.05, 0.1) is 74.9 Å². The van der Waals surface area contributed by atoms with Crippen LogP contribution in [0.15, 0.2) is 85.5 Å². The predicted molar refractivity (Wildman–Crippen MR) is 300 cm³/mol. The maximum atomic E-state index is 13.4. The molecule has 1 aromatic carbocycles. The molecule has 9 rings (SSSR count). The van der Waals surface area contributed by atoms with Gasteiger partial charge in [0.2, 0.25) is 17.9 Å². The molecule has 6 aromatic heterocycles. The second-order valence-corrected chi connectivity index (χ2v) is 20.4. The van der Waals surface area contributed by atoms with Crippen molar-refractivity contribution in [2.75, 3.05) is 36.9 Å². The van der Waals surface area contributed by atoms with Gasteiger partial charge in [-0.25, -0.2) is 39.3 Å². The SMILES string of the molecule is CC(=O)OOC(C)=O.Cn1nccc1Nc1nccc(-c2cc3c(s2)C(C)(C)N(CC=O)C3=O)n1.Cn1nccc1Nc1nccc(-c2cc3c(s2)C(C)(C)N(CCN[C@H](CO)c2cccc(Cl)c2)C3=O)n1.[2H]CC.[B-]OC(C)=O.[Na+]. The molecule has 2 amide bonds. The Bertz CT molecular complexity index is 3270. The second kappa shape index (κ2) is 30.1. The van der Waals surface area contributed by atoms with Gasteiger partial charge >= 0.3 is 41.5 Å². The van der Waals surface area contributed by atoms with Crippen molar-refractivity contribution in [2.24, 2.45) is 14.1 Å². The zero-order valence-electron chi connectivity index (χ0n) is 47.1. The number of aldehydes is 1. The van der Waals surface area contributed by atoms with Crippen molar-refractivity contribution >= 4 is 102 Å². The number of aryl methyl sites for hydroxylation is 2. The topological polar surface area (TPSA) is 280 Å². The molecular weight excluding hydrogens is 1100 g/mol. The van der Waals surface area contributed by atoms with Gasteiger partial charge in [-0.1, -0.05) is 37.6 Å². The van der Waals surface area contributed by atoms with Crippen molar-refractivity contribution in [3.05, 3.63) is 117 Å². The number of halogens is 1. The number of fused-ring (bicyclic) bond motifs is 2. The number of aromatic nitrogens is 8. The average Bonchev–Trinajstić information content (AvgIpc) is 4.33. The first kappa shape index (κ1) is 63.9. The number of aliphatic hydroxyl groups excluding tert-OH is 1. The number of aliphatic hydroxyl groups is 1. The van der Waals surface area contributed by atoms with E-state index in [2.05, 4.69) is 82.4 Å². The van der Waals surface area contributed by atoms with Crippen molar-refractivity contribution in [1.29, 1.82) is 0 Å². The normalized spacial score (nSPS) is 13.5. The molecule has 417 valence electrons. The van der Waals surface area contributed by atoms with Crippen LogP contribution in [-0.2, 0) is 58.8 Å². The maximum absolute atomic E-state index is 13.4. The van der Waals surface area contributed by atoms with Crippen LogP contribution in [0.2, 0.25) is 5.02 Å². The first-order valence-corrected chi connectivity index (χ1v) is 26.2. The van der Waals surface area contributed by atoms with Crippen LogP contribution in [0.1, 0.15) is 106 Å². The van der Waals surface area contributed by atoms with Gasteiger partial charge in [-0.3, -0.25) is 23.7 Å². The fourth-order valence-corrected chi connectivity index (χ4v) is 10.5. The summed E-state index contributed by atoms with van der Waals surface area (Å²) >= 11 is 9.21. The molecule has 0 unspecified atom stereocenters. The third-order valence-electron chi connectivity index (χ3n) is 11.7. The van der Waals surface area contributed by atoms with Gasteiger partial charge in [0.15, 0.2) is 0 Å². The number of hydrogen-bond donors (Lipinski definition) is 4. The van der Waals surface area contributed by atoms with Gasteiger partial charge in [-0.05, 0) is 69.7 Å². The minimum Gasteiger partial charge on any atom is -0.793 e. The molecule has 80 heavy (non-hydrogen) atoms. The number of anilines is 4. The molecule has 7 aromatic rings. The molecule has 1 atom stereocenters. The van der Waals surface area contributed by atoms with Gasteiger partial charge in [0.1, 0.15) is 17.9 Å². The van der Waals surface area contributed by atoms with Crippen LogP contribution < -0.4 is 45.5 Å². The second-order valence-electron chi connectivity index (χ2n) is 17.8. The zero-order valence-corrected chi connectivity index (χ0v) is 50.5. The molecule has 23 nitrogen and oxygen atoms in total. The first-order chi connectivity index (χ1) is 38.0. The van der Waals surface area contributed by atoms with Crippen LogP contribution in [0.5, 0.6) is 0 Å². The van der Waals surface area contributed by atoms with E-state index in [4.69, 9.17) is 13.0 Å². The summed E-state index contributed by atoms with van der Waals surface area (Å²) in [4.78, 5) is 98.9. The quantitative estimate of drug-likeness (QED) is 0.0501. The van der Waals surface area contributed by atoms with E-state index >= 15 is 0 Å². The van der Waals surface area contributed by atoms with E-state index in [1.165, 1.54) is 18.3 Å². The first-order valence-electron chi connectivity index (χ1n) is 24.9. The van der Waals surface area contributed by atoms with Crippen LogP contribution in [-0.4, -0.2) is 125 Å². The van der Waals surface area contributed by atoms with Crippen molar-refractivity contribution in [3.8, 4) is 21.1 Å². The van der Waals surface area contributed by atoms with Crippen LogP contribution in [0, 0.1) is 0 Å². The minimum absolute atomic E-state index is 0. The number of amides is 2. The Morgan fingerprint density at radius 2 is 1.24 bits per heavy atom. The molecule has 0 saturated carbocycles. The summed E-state index contributed by atoms with van der Waals surface area (Å²) < 4.78 is 13.2. The summed E-state index contributed by atoms with van der Waals surface area (Å²) in [7, 11) is 7.99. The third-order valence-corrected chi connectivity index (χ3v) is 14.8. The molecule has 0 saturated heterocycles. The van der Waals surface area contributed by atoms with Crippen LogP contribution in [0.3, 0.4) is 0 Å². The number of carbonyl (C=O) groups is 6. The van der Waals surface area contributed by atoms with E-state index < -0.39 is 29.0 Å². The molecule has 0 bridgehead atoms. The van der Waals surface area contributed by atoms with E-state index in [1.54, 1.807) is 63.4 Å². The van der Waals surface area contributed by atoms with E-state index in [-0.39, 0.29) is 60.6 Å². The van der Waals surface area contributed by atoms with Crippen LogP contribution >= 0.6 is 34.3 Å². The van der Waals surface area contributed by atoms with Crippen molar-refractivity contribution in [2.45, 2.75) is 79.4 Å². The molecule has 28 heteroatoms. The number of nitrogens with zero attached hydrogens (tertiary/aromatic N) is 10. The third kappa shape index (κ3) is 16.6. The zero-order chi connectivity index (χ0) is 58.9. The standard InChI is InChI=1S/C26H28ClN7O2S.C18H18N6O2S.C4H6O4.C2H3BO2.C2H6.Na/c1-26(2)23-18(24(36)34(26)12-11-28-20(15-35)16-5-4-6-17(27)13-16)14-21(37-23)19-7-9-29-25(31-19)32-22-8-10-30-33(22)3;1-18(2)15-11(16(26)24(18)8-9-25)10-13(27-15)12-4-6-19-17(21-12)22-14-5-7-20-23(14)3;1-3(5)7-8-4(2)6;1-2(4)5-3;1-2;/h4-10,13-14,20,28,35H,11-12,15H2,1-3H3,(H,29,31,32);4-7,9-10H,8H2,1-3H3,(H,19,21,22);1-2H3;1H3;1-2H3;/q;;;-1;;+1/t20-;;;;;/m1...../s1/i;;;;1D;. The summed E-state index contributed by atoms with van der Waals surface area (Å²) in [6.45, 7) is 14.9. The van der Waals surface area contributed by atoms with Crippen LogP contribution in [0.4, 0.5) is 23.5 Å². The minimum atomic E-state index is -0.639. The molecule has 3 radical (unpaired) electrons. The smallest absolute Gasteiger partial charge is 0.793 e. The van der Waals surface area contributed by atoms with E-state index in [0.717, 1.165) is 68.2 Å². The summed E-state index contributed by atoms with van der Waals surface area (Å²) in [5, 5.41) is 28.4. The fraction of sp³-hybridized carbons (Fsp3) is 0.346. The van der Waals surface area contributed by atoms with Crippen molar-refractivity contribution < 1.29 is 79.2 Å². The number of rotatable bonds is 14. The van der Waals surface area contributed by atoms with Gasteiger partial charge in [-0.2, -0.15) is 10.2 Å². The Balaban J connectivity index is 0.000000279. The summed E-state index contributed by atoms with van der Waals surface area (Å²) in [5.74, 6) is 0.614. The Morgan fingerprint density at radius 3 is 1.62 bits per heavy atom. The number of benzene rings is 1. The average molecular weight is 1160 g/mol. The molecule has 4 N–H and O–H groups in total. The Labute approximate surface area is 500 Å². The summed E-state index contributed by atoms with van der Waals surface area (Å²) in [5.41, 5.74) is 2.76. The Morgan fingerprint density at radius 1 is 0.775 bits per heavy atom. The monoisotopic (exact) mass is 1160 g/mol. The molecular formula is C52H61BClN13NaO10S2. The molecule has 2 aliphatic heterocycles. The maximum Gasteiger partial charge on any atom is 1.00 e. The molecule has 0 aliphatic carbocycles. The van der Waals surface area contributed by atoms with Crippen LogP contribution in [0.25, 0.3) is 21.1 Å². The number of thiophene rings is 2. The van der Waals surface area contributed by atoms with Crippen molar-refractivity contribution in [3.63, 3.8) is 0 Å². The molecule has 0 fully saturated rings. The predicted octanol–water partition coefficient (Wildman–Crippen LogP) is 4.61. The van der Waals surface area contributed by atoms with Gasteiger partial charge in [-0.15, -0.1) is 22.7 Å². The molecule has 0 spiro atoms. The largest absolute Gasteiger partial charge is 1.00 e. The number of hydrogen-bond acceptors (Lipinski definition) is 21. The Hall–Kier alpha value is -6.91. The fourth-order valence-electron chi connectivity index (χ4n) is 7.89.